The van der Waals surface area contributed by atoms with Gasteiger partial charge in [-0.1, -0.05) is 43.6 Å². The monoisotopic (exact) mass is 454 g/mol. The average molecular weight is 455 g/mol. The minimum absolute atomic E-state index is 0. The Morgan fingerprint density at radius 3 is 2.10 bits per heavy atom. The number of ether oxygens (including phenoxy) is 2. The molecule has 1 heterocycles. The summed E-state index contributed by atoms with van der Waals surface area (Å²) in [6.07, 6.45) is -3.72. The second kappa shape index (κ2) is 11.3. The molecule has 2 bridgehead atoms. The summed E-state index contributed by atoms with van der Waals surface area (Å²) < 4.78 is 47.1. The summed E-state index contributed by atoms with van der Waals surface area (Å²) in [6, 6.07) is 0. The molecule has 0 N–H and O–H groups in total. The van der Waals surface area contributed by atoms with Crippen LogP contribution in [0.4, 0.5) is 13.2 Å². The van der Waals surface area contributed by atoms with Crippen LogP contribution in [0, 0.1) is 41.4 Å². The van der Waals surface area contributed by atoms with Crippen LogP contribution in [0.5, 0.6) is 0 Å². The Morgan fingerprint density at radius 2 is 1.61 bits per heavy atom. The van der Waals surface area contributed by atoms with Gasteiger partial charge in [-0.05, 0) is 56.3 Å². The first-order valence-corrected chi connectivity index (χ1v) is 9.53. The number of rotatable bonds is 5. The lowest BCUT2D eigenvalue weighted by Crippen LogP contribution is -2.37. The van der Waals surface area contributed by atoms with E-state index in [4.69, 9.17) is 4.74 Å². The fourth-order valence-corrected chi connectivity index (χ4v) is 5.30. The summed E-state index contributed by atoms with van der Waals surface area (Å²) in [6.45, 7) is 4.27. The van der Waals surface area contributed by atoms with E-state index in [9.17, 15) is 27.6 Å². The van der Waals surface area contributed by atoms with Crippen LogP contribution in [-0.4, -0.2) is 30.2 Å². The van der Waals surface area contributed by atoms with Gasteiger partial charge in [-0.3, -0.25) is 14.4 Å². The van der Waals surface area contributed by atoms with Gasteiger partial charge in [-0.2, -0.15) is 13.2 Å². The van der Waals surface area contributed by atoms with Gasteiger partial charge >= 0.3 is 24.1 Å². The maximum absolute atomic E-state index is 12.6. The van der Waals surface area contributed by atoms with Crippen molar-refractivity contribution in [1.29, 1.82) is 0 Å². The van der Waals surface area contributed by atoms with Gasteiger partial charge in [0.15, 0.2) is 6.10 Å². The van der Waals surface area contributed by atoms with Gasteiger partial charge in [0.25, 0.3) is 0 Å². The van der Waals surface area contributed by atoms with E-state index in [1.54, 1.807) is 0 Å². The summed E-state index contributed by atoms with van der Waals surface area (Å²) in [7, 11) is 0. The lowest BCUT2D eigenvalue weighted by Gasteiger charge is -2.33. The average Bonchev–Trinajstić information content (AvgIpc) is 3.21. The second-order valence-corrected chi connectivity index (χ2v) is 8.40. The predicted octanol–water partition coefficient (Wildman–Crippen LogP) is 6.05. The molecule has 1 saturated heterocycles. The van der Waals surface area contributed by atoms with Crippen LogP contribution >= 0.6 is 0 Å². The zero-order valence-corrected chi connectivity index (χ0v) is 15.6. The van der Waals surface area contributed by atoms with Crippen molar-refractivity contribution in [3.63, 3.8) is 0 Å². The van der Waals surface area contributed by atoms with E-state index in [0.29, 0.717) is 17.8 Å². The molecule has 0 aromatic rings. The normalized spacial score (nSPS) is 33.1. The lowest BCUT2D eigenvalue weighted by atomic mass is 9.68. The molecular formula is C23H41F3O5. The minimum Gasteiger partial charge on any atom is -0.453 e. The molecule has 2 aliphatic carbocycles. The number of carbonyl (C=O) groups excluding carboxylic acids is 3. The van der Waals surface area contributed by atoms with Crippen molar-refractivity contribution < 1.29 is 37.0 Å². The van der Waals surface area contributed by atoms with Crippen molar-refractivity contribution in [1.82, 2.24) is 0 Å². The highest BCUT2D eigenvalue weighted by atomic mass is 19.4. The Labute approximate surface area is 185 Å². The number of fused-ring (bicyclic) bond motifs is 2. The number of hydrogen-bond acceptors (Lipinski definition) is 5. The van der Waals surface area contributed by atoms with Crippen molar-refractivity contribution in [2.24, 2.45) is 41.4 Å². The fourth-order valence-electron chi connectivity index (χ4n) is 5.30. The largest absolute Gasteiger partial charge is 0.453 e. The Balaban J connectivity index is 0. The molecule has 0 aromatic carbocycles. The Morgan fingerprint density at radius 1 is 1.06 bits per heavy atom. The van der Waals surface area contributed by atoms with Crippen molar-refractivity contribution in [3.05, 3.63) is 0 Å². The number of esters is 3. The van der Waals surface area contributed by atoms with Crippen LogP contribution < -0.4 is 0 Å². The highest BCUT2D eigenvalue weighted by Crippen LogP contribution is 2.57. The highest BCUT2D eigenvalue weighted by molar-refractivity contribution is 5.97. The maximum atomic E-state index is 12.6. The molecule has 8 atom stereocenters. The molecule has 3 rings (SSSR count). The van der Waals surface area contributed by atoms with E-state index in [0.717, 1.165) is 26.2 Å². The molecule has 0 radical (unpaired) electrons. The molecule has 3 aliphatic rings. The van der Waals surface area contributed by atoms with E-state index in [1.165, 1.54) is 6.92 Å². The van der Waals surface area contributed by atoms with Crippen LogP contribution in [0.15, 0.2) is 0 Å². The van der Waals surface area contributed by atoms with Crippen molar-refractivity contribution >= 4 is 17.9 Å². The molecule has 5 nitrogen and oxygen atoms in total. The predicted molar refractivity (Wildman–Crippen MR) is 114 cm³/mol. The topological polar surface area (TPSA) is 69.7 Å². The van der Waals surface area contributed by atoms with E-state index in [1.807, 2.05) is 0 Å². The number of hydrogen-bond donors (Lipinski definition) is 0. The number of halogens is 3. The Kier molecular flexibility index (Phi) is 11.5. The first-order valence-electron chi connectivity index (χ1n) is 9.53. The third kappa shape index (κ3) is 6.01. The molecule has 0 spiro atoms. The van der Waals surface area contributed by atoms with Crippen LogP contribution in [0.2, 0.25) is 0 Å². The van der Waals surface area contributed by atoms with E-state index in [-0.39, 0.29) is 42.0 Å². The summed E-state index contributed by atoms with van der Waals surface area (Å²) in [5.74, 6) is -3.37. The SMILES string of the molecule is C.C.C.C.CC(CC1C(=O)OC(=O)C1C1C2CCC(C2)C1C)C(=O)OC(C)C(F)(F)F. The van der Waals surface area contributed by atoms with Crippen molar-refractivity contribution in [3.8, 4) is 0 Å². The lowest BCUT2D eigenvalue weighted by molar-refractivity contribution is -0.218. The maximum Gasteiger partial charge on any atom is 0.425 e. The molecular weight excluding hydrogens is 413 g/mol. The summed E-state index contributed by atoms with van der Waals surface area (Å²) >= 11 is 0. The minimum atomic E-state index is -4.64. The molecule has 2 saturated carbocycles. The number of carbonyl (C=O) groups is 3. The molecule has 8 unspecified atom stereocenters. The van der Waals surface area contributed by atoms with Gasteiger partial charge < -0.3 is 9.47 Å². The van der Waals surface area contributed by atoms with Gasteiger partial charge in [0.1, 0.15) is 0 Å². The standard InChI is InChI=1S/C19H25F3O5.4CH4/c1-8(16(23)26-10(3)19(20,21)22)6-13-15(18(25)27-17(13)24)14-9(2)11-4-5-12(14)7-11;;;;/h8-15H,4-7H2,1-3H3;4*1H4. The third-order valence-corrected chi connectivity index (χ3v) is 6.80. The molecule has 31 heavy (non-hydrogen) atoms. The van der Waals surface area contributed by atoms with E-state index >= 15 is 0 Å². The molecule has 1 aliphatic heterocycles. The zero-order valence-electron chi connectivity index (χ0n) is 15.6. The zero-order chi connectivity index (χ0) is 20.1. The number of alkyl halides is 3. The van der Waals surface area contributed by atoms with Crippen molar-refractivity contribution in [2.75, 3.05) is 0 Å². The highest BCUT2D eigenvalue weighted by Gasteiger charge is 2.57. The summed E-state index contributed by atoms with van der Waals surface area (Å²) in [4.78, 5) is 36.6. The molecule has 0 amide bonds. The van der Waals surface area contributed by atoms with Crippen LogP contribution in [0.3, 0.4) is 0 Å². The Hall–Kier alpha value is -1.60. The fraction of sp³-hybridized carbons (Fsp3) is 0.870. The third-order valence-electron chi connectivity index (χ3n) is 6.80. The van der Waals surface area contributed by atoms with Gasteiger partial charge in [-0.15, -0.1) is 0 Å². The van der Waals surface area contributed by atoms with E-state index in [2.05, 4.69) is 11.7 Å². The molecule has 0 aromatic heterocycles. The first kappa shape index (κ1) is 31.6. The number of cyclic esters (lactones) is 2. The first-order chi connectivity index (χ1) is 12.5. The Bertz CT molecular complexity index is 631. The van der Waals surface area contributed by atoms with Gasteiger partial charge in [0, 0.05) is 0 Å². The van der Waals surface area contributed by atoms with Gasteiger partial charge in [0.05, 0.1) is 17.8 Å². The molecule has 184 valence electrons. The van der Waals surface area contributed by atoms with Crippen molar-refractivity contribution in [2.45, 2.75) is 88.4 Å². The van der Waals surface area contributed by atoms with Gasteiger partial charge in [0.2, 0.25) is 0 Å². The van der Waals surface area contributed by atoms with Crippen LogP contribution in [0.1, 0.15) is 76.2 Å². The van der Waals surface area contributed by atoms with Crippen LogP contribution in [-0.2, 0) is 23.9 Å². The molecule has 3 fully saturated rings. The van der Waals surface area contributed by atoms with E-state index < -0.39 is 47.9 Å². The van der Waals surface area contributed by atoms with Crippen LogP contribution in [0.25, 0.3) is 0 Å². The summed E-state index contributed by atoms with van der Waals surface area (Å²) in [5, 5.41) is 0. The molecule has 8 heteroatoms. The van der Waals surface area contributed by atoms with Gasteiger partial charge in [-0.25, -0.2) is 0 Å². The smallest absolute Gasteiger partial charge is 0.425 e. The summed E-state index contributed by atoms with van der Waals surface area (Å²) in [5.41, 5.74) is 0. The second-order valence-electron chi connectivity index (χ2n) is 8.40. The quantitative estimate of drug-likeness (QED) is 0.374.